The van der Waals surface area contributed by atoms with Crippen molar-refractivity contribution in [2.24, 2.45) is 5.92 Å². The van der Waals surface area contributed by atoms with Gasteiger partial charge in [-0.1, -0.05) is 85.0 Å². The van der Waals surface area contributed by atoms with Gasteiger partial charge in [-0.2, -0.15) is 0 Å². The first kappa shape index (κ1) is 27.1. The Kier molecular flexibility index (Phi) is 14.3. The molecule has 0 radical (unpaired) electrons. The molecule has 0 N–H and O–H groups in total. The fourth-order valence-electron chi connectivity index (χ4n) is 3.85. The quantitative estimate of drug-likeness (QED) is 0.199. The number of benzene rings is 1. The fourth-order valence-corrected chi connectivity index (χ4v) is 3.85. The third kappa shape index (κ3) is 12.1. The Hall–Kier alpha value is -2.10. The van der Waals surface area contributed by atoms with Crippen molar-refractivity contribution in [3.63, 3.8) is 0 Å². The number of ether oxygens (including phenoxy) is 2. The Morgan fingerprint density at radius 3 is 1.94 bits per heavy atom. The Morgan fingerprint density at radius 1 is 0.697 bits per heavy atom. The maximum Gasteiger partial charge on any atom is 0.232 e. The van der Waals surface area contributed by atoms with E-state index in [9.17, 15) is 0 Å². The second kappa shape index (κ2) is 17.4. The highest BCUT2D eigenvalue weighted by Gasteiger charge is 2.04. The molecule has 0 fully saturated rings. The van der Waals surface area contributed by atoms with Gasteiger partial charge in [0.1, 0.15) is 5.75 Å². The van der Waals surface area contributed by atoms with Crippen LogP contribution < -0.4 is 9.47 Å². The molecule has 1 aromatic heterocycles. The van der Waals surface area contributed by atoms with Crippen LogP contribution in [-0.2, 0) is 0 Å². The van der Waals surface area contributed by atoms with Crippen molar-refractivity contribution in [1.82, 2.24) is 9.97 Å². The van der Waals surface area contributed by atoms with Crippen molar-refractivity contribution in [3.05, 3.63) is 36.7 Å². The monoisotopic (exact) mass is 454 g/mol. The summed E-state index contributed by atoms with van der Waals surface area (Å²) in [5, 5.41) is 0. The summed E-state index contributed by atoms with van der Waals surface area (Å²) in [5.41, 5.74) is 1.89. The summed E-state index contributed by atoms with van der Waals surface area (Å²) >= 11 is 0. The number of unbranched alkanes of at least 4 members (excludes halogenated alkanes) is 9. The standard InChI is InChI=1S/C29H46N2O2/c1-4-6-7-8-9-10-11-12-13-14-21-32-27-19-17-26(18-20-27)28-23-31-29(24-30-28)33-22-15-16-25(3)5-2/h17-20,23-25H,4-16,21-22H2,1-3H3/t25-/m0/s1. The summed E-state index contributed by atoms with van der Waals surface area (Å²) in [6.07, 6.45) is 20.4. The molecule has 2 rings (SSSR count). The van der Waals surface area contributed by atoms with Crippen LogP contribution in [0.25, 0.3) is 11.3 Å². The molecule has 0 aliphatic heterocycles. The molecule has 0 unspecified atom stereocenters. The second-order valence-corrected chi connectivity index (χ2v) is 9.30. The summed E-state index contributed by atoms with van der Waals surface area (Å²) < 4.78 is 11.6. The van der Waals surface area contributed by atoms with E-state index < -0.39 is 0 Å². The van der Waals surface area contributed by atoms with Gasteiger partial charge in [-0.15, -0.1) is 0 Å². The maximum atomic E-state index is 5.91. The Balaban J connectivity index is 1.58. The smallest absolute Gasteiger partial charge is 0.232 e. The minimum Gasteiger partial charge on any atom is -0.494 e. The van der Waals surface area contributed by atoms with E-state index in [4.69, 9.17) is 9.47 Å². The molecule has 184 valence electrons. The molecule has 1 aromatic carbocycles. The van der Waals surface area contributed by atoms with Gasteiger partial charge < -0.3 is 9.47 Å². The van der Waals surface area contributed by atoms with E-state index in [1.807, 2.05) is 24.3 Å². The highest BCUT2D eigenvalue weighted by molar-refractivity contribution is 5.59. The second-order valence-electron chi connectivity index (χ2n) is 9.30. The minimum atomic E-state index is 0.597. The molecule has 33 heavy (non-hydrogen) atoms. The zero-order valence-corrected chi connectivity index (χ0v) is 21.4. The van der Waals surface area contributed by atoms with Crippen molar-refractivity contribution in [2.45, 2.75) is 104 Å². The molecule has 0 aliphatic carbocycles. The third-order valence-electron chi connectivity index (χ3n) is 6.33. The van der Waals surface area contributed by atoms with Crippen LogP contribution >= 0.6 is 0 Å². The van der Waals surface area contributed by atoms with E-state index in [0.717, 1.165) is 42.4 Å². The normalized spacial score (nSPS) is 12.0. The van der Waals surface area contributed by atoms with Gasteiger partial charge in [-0.3, -0.25) is 0 Å². The van der Waals surface area contributed by atoms with Gasteiger partial charge >= 0.3 is 0 Å². The van der Waals surface area contributed by atoms with E-state index in [1.165, 1.54) is 70.6 Å². The molecule has 0 bridgehead atoms. The lowest BCUT2D eigenvalue weighted by molar-refractivity contribution is 0.283. The molecule has 0 saturated carbocycles. The summed E-state index contributed by atoms with van der Waals surface area (Å²) in [4.78, 5) is 8.92. The zero-order valence-electron chi connectivity index (χ0n) is 21.4. The van der Waals surface area contributed by atoms with Crippen LogP contribution in [0.1, 0.15) is 104 Å². The highest BCUT2D eigenvalue weighted by Crippen LogP contribution is 2.21. The van der Waals surface area contributed by atoms with Gasteiger partial charge in [0.05, 0.1) is 31.3 Å². The molecule has 0 amide bonds. The molecule has 1 heterocycles. The fraction of sp³-hybridized carbons (Fsp3) is 0.655. The van der Waals surface area contributed by atoms with E-state index in [1.54, 1.807) is 12.4 Å². The number of rotatable bonds is 19. The maximum absolute atomic E-state index is 5.91. The number of nitrogens with zero attached hydrogens (tertiary/aromatic N) is 2. The Bertz CT molecular complexity index is 715. The van der Waals surface area contributed by atoms with Crippen LogP contribution in [0.15, 0.2) is 36.7 Å². The van der Waals surface area contributed by atoms with Crippen LogP contribution in [0.4, 0.5) is 0 Å². The molecule has 0 aliphatic rings. The molecular weight excluding hydrogens is 408 g/mol. The first-order chi connectivity index (χ1) is 16.2. The highest BCUT2D eigenvalue weighted by atomic mass is 16.5. The van der Waals surface area contributed by atoms with Crippen molar-refractivity contribution >= 4 is 0 Å². The van der Waals surface area contributed by atoms with Gasteiger partial charge in [0.15, 0.2) is 0 Å². The summed E-state index contributed by atoms with van der Waals surface area (Å²) in [7, 11) is 0. The molecule has 1 atom stereocenters. The molecule has 0 saturated heterocycles. The van der Waals surface area contributed by atoms with Crippen LogP contribution in [0.5, 0.6) is 11.6 Å². The lowest BCUT2D eigenvalue weighted by Gasteiger charge is -2.09. The summed E-state index contributed by atoms with van der Waals surface area (Å²) in [6.45, 7) is 8.27. The van der Waals surface area contributed by atoms with Crippen molar-refractivity contribution < 1.29 is 9.47 Å². The lowest BCUT2D eigenvalue weighted by Crippen LogP contribution is -2.02. The minimum absolute atomic E-state index is 0.597. The van der Waals surface area contributed by atoms with Crippen LogP contribution in [0.2, 0.25) is 0 Å². The van der Waals surface area contributed by atoms with Gasteiger partial charge in [-0.05, 0) is 49.4 Å². The van der Waals surface area contributed by atoms with Gasteiger partial charge in [0.2, 0.25) is 5.88 Å². The summed E-state index contributed by atoms with van der Waals surface area (Å²) in [5.74, 6) is 2.27. The average Bonchev–Trinajstić information content (AvgIpc) is 2.86. The first-order valence-corrected chi connectivity index (χ1v) is 13.4. The topological polar surface area (TPSA) is 44.2 Å². The van der Waals surface area contributed by atoms with E-state index in [0.29, 0.717) is 12.5 Å². The van der Waals surface area contributed by atoms with Gasteiger partial charge in [0, 0.05) is 5.56 Å². The lowest BCUT2D eigenvalue weighted by atomic mass is 10.0. The molecule has 0 spiro atoms. The number of aromatic nitrogens is 2. The Labute approximate surface area is 202 Å². The molecule has 4 heteroatoms. The number of hydrogen-bond donors (Lipinski definition) is 0. The van der Waals surface area contributed by atoms with Gasteiger partial charge in [-0.25, -0.2) is 9.97 Å². The predicted octanol–water partition coefficient (Wildman–Crippen LogP) is 8.65. The van der Waals surface area contributed by atoms with Crippen molar-refractivity contribution in [3.8, 4) is 22.9 Å². The van der Waals surface area contributed by atoms with Crippen molar-refractivity contribution in [1.29, 1.82) is 0 Å². The molecule has 4 nitrogen and oxygen atoms in total. The van der Waals surface area contributed by atoms with Gasteiger partial charge in [0.25, 0.3) is 0 Å². The van der Waals surface area contributed by atoms with Crippen molar-refractivity contribution in [2.75, 3.05) is 13.2 Å². The summed E-state index contributed by atoms with van der Waals surface area (Å²) in [6, 6.07) is 8.13. The van der Waals surface area contributed by atoms with Crippen LogP contribution in [0, 0.1) is 5.92 Å². The average molecular weight is 455 g/mol. The number of hydrogen-bond acceptors (Lipinski definition) is 4. The molecule has 2 aromatic rings. The molecular formula is C29H46N2O2. The van der Waals surface area contributed by atoms with E-state index in [-0.39, 0.29) is 0 Å². The van der Waals surface area contributed by atoms with Crippen LogP contribution in [-0.4, -0.2) is 23.2 Å². The first-order valence-electron chi connectivity index (χ1n) is 13.4. The SMILES string of the molecule is CCCCCCCCCCCCOc1ccc(-c2cnc(OCCC[C@@H](C)CC)cn2)cc1. The zero-order chi connectivity index (χ0) is 23.6. The predicted molar refractivity (Wildman–Crippen MR) is 139 cm³/mol. The van der Waals surface area contributed by atoms with E-state index >= 15 is 0 Å². The van der Waals surface area contributed by atoms with E-state index in [2.05, 4.69) is 30.7 Å². The largest absolute Gasteiger partial charge is 0.494 e. The van der Waals surface area contributed by atoms with Crippen LogP contribution in [0.3, 0.4) is 0 Å². The Morgan fingerprint density at radius 2 is 1.33 bits per heavy atom. The third-order valence-corrected chi connectivity index (χ3v) is 6.33.